The molecule has 0 N–H and O–H groups in total. The maximum atomic E-state index is 7.79. The molecule has 1 rings (SSSR count). The maximum Gasteiger partial charge on any atom is 0.0423 e. The fraction of sp³-hybridized carbons (Fsp3) is 1.00. The van der Waals surface area contributed by atoms with Crippen LogP contribution in [0.4, 0.5) is 0 Å². The summed E-state index contributed by atoms with van der Waals surface area (Å²) in [6.07, 6.45) is -22.0. The van der Waals surface area contributed by atoms with E-state index in [2.05, 4.69) is 15.9 Å². The van der Waals surface area contributed by atoms with Gasteiger partial charge in [-0.05, 0) is 12.7 Å². The normalized spacial score (nSPS) is 90.9. The van der Waals surface area contributed by atoms with Crippen molar-refractivity contribution in [1.82, 2.24) is 0 Å². The van der Waals surface area contributed by atoms with Crippen molar-refractivity contribution in [2.75, 3.05) is 0 Å². The van der Waals surface area contributed by atoms with Gasteiger partial charge in [0.1, 0.15) is 0 Å². The summed E-state index contributed by atoms with van der Waals surface area (Å²) in [4.78, 5) is -3.27. The van der Waals surface area contributed by atoms with E-state index in [1.165, 1.54) is 0 Å². The molecule has 0 nitrogen and oxygen atoms in total. The van der Waals surface area contributed by atoms with Crippen LogP contribution >= 0.6 is 15.9 Å². The van der Waals surface area contributed by atoms with E-state index < -0.39 is 43.0 Å². The molecule has 0 aromatic rings. The van der Waals surface area contributed by atoms with E-state index in [-0.39, 0.29) is 0 Å². The van der Waals surface area contributed by atoms with E-state index >= 15 is 0 Å². The topological polar surface area (TPSA) is 0 Å². The van der Waals surface area contributed by atoms with Gasteiger partial charge in [0.2, 0.25) is 0 Å². The molecule has 1 saturated carbocycles. The van der Waals surface area contributed by atoms with E-state index in [0.29, 0.717) is 0 Å². The van der Waals surface area contributed by atoms with Crippen molar-refractivity contribution in [3.8, 4) is 0 Å². The van der Waals surface area contributed by atoms with Crippen molar-refractivity contribution in [1.29, 1.82) is 0 Å². The Kier molecular flexibility index (Phi) is 0.449. The first-order valence-corrected chi connectivity index (χ1v) is 2.73. The highest BCUT2D eigenvalue weighted by molar-refractivity contribution is 9.09. The molecule has 0 amide bonds. The number of halogens is 1. The highest BCUT2D eigenvalue weighted by Gasteiger charge is 2.06. The Bertz CT molecular complexity index is 304. The van der Waals surface area contributed by atoms with Crippen molar-refractivity contribution in [2.24, 2.45) is 0 Å². The van der Waals surface area contributed by atoms with Gasteiger partial charge in [-0.1, -0.05) is 41.4 Å². The summed E-state index contributed by atoms with van der Waals surface area (Å²) >= 11 is 2.34. The third kappa shape index (κ3) is 2.17. The van der Waals surface area contributed by atoms with Crippen LogP contribution in [0.2, 0.25) is 0 Å². The van der Waals surface area contributed by atoms with Crippen LogP contribution in [0.1, 0.15) is 56.1 Å². The Morgan fingerprint density at radius 2 is 1.75 bits per heavy atom. The Hall–Kier alpha value is 0.480. The molecule has 0 aromatic heterocycles. The molecule has 0 atom stereocenters. The lowest BCUT2D eigenvalue weighted by Crippen LogP contribution is -1.91. The summed E-state index contributed by atoms with van der Waals surface area (Å²) in [5.41, 5.74) is 0. The summed E-state index contributed by atoms with van der Waals surface area (Å²) in [5.74, 6) is 0. The van der Waals surface area contributed by atoms with Gasteiger partial charge in [0, 0.05) is 22.6 Å². The van der Waals surface area contributed by atoms with Crippen LogP contribution in [0.25, 0.3) is 0 Å². The average molecular weight is 190 g/mol. The highest BCUT2D eigenvalue weighted by Crippen LogP contribution is 2.22. The maximum absolute atomic E-state index is 7.79. The monoisotopic (exact) mass is 189 g/mol. The minimum absolute atomic E-state index is 2.34. The molecular formula is C7H13Br. The van der Waals surface area contributed by atoms with Crippen LogP contribution in [0.5, 0.6) is 0 Å². The molecule has 0 heterocycles. The molecular weight excluding hydrogens is 164 g/mol. The minimum Gasteiger partial charge on any atom is -0.0891 e. The van der Waals surface area contributed by atoms with Crippen molar-refractivity contribution in [3.63, 3.8) is 0 Å². The van der Waals surface area contributed by atoms with Crippen molar-refractivity contribution in [3.05, 3.63) is 0 Å². The molecule has 0 aliphatic heterocycles. The molecule has 0 saturated heterocycles. The summed E-state index contributed by atoms with van der Waals surface area (Å²) in [6.45, 7) is 0. The van der Waals surface area contributed by atoms with E-state index in [1.807, 2.05) is 0 Å². The van der Waals surface area contributed by atoms with Crippen LogP contribution in [-0.2, 0) is 0 Å². The second-order valence-corrected chi connectivity index (χ2v) is 1.86. The number of alkyl halides is 1. The van der Waals surface area contributed by atoms with E-state index in [9.17, 15) is 0 Å². The zero-order valence-corrected chi connectivity index (χ0v) is 5.46. The van der Waals surface area contributed by atoms with Gasteiger partial charge in [0.15, 0.2) is 0 Å². The first kappa shape index (κ1) is 1.03. The van der Waals surface area contributed by atoms with Gasteiger partial charge in [0.05, 0.1) is 0 Å². The smallest absolute Gasteiger partial charge is 0.0423 e. The van der Waals surface area contributed by atoms with Crippen LogP contribution in [0.3, 0.4) is 0 Å². The molecule has 0 radical (unpaired) electrons. The summed E-state index contributed by atoms with van der Waals surface area (Å²) in [7, 11) is 0. The van der Waals surface area contributed by atoms with Gasteiger partial charge < -0.3 is 0 Å². The van der Waals surface area contributed by atoms with Crippen LogP contribution < -0.4 is 0 Å². The van der Waals surface area contributed by atoms with E-state index in [1.54, 1.807) is 0 Å². The molecule has 1 aliphatic rings. The second-order valence-electron chi connectivity index (χ2n) is 1.06. The molecule has 1 fully saturated rings. The number of hydrogen-bond acceptors (Lipinski definition) is 0. The molecule has 0 spiro atoms. The summed E-state index contributed by atoms with van der Waals surface area (Å²) in [6, 6.07) is 0. The van der Waals surface area contributed by atoms with Crippen LogP contribution in [-0.4, -0.2) is 4.80 Å². The van der Waals surface area contributed by atoms with Crippen LogP contribution in [0, 0.1) is 0 Å². The Balaban J connectivity index is 3.97. The minimum atomic E-state index is -3.74. The number of rotatable bonds is 0. The molecule has 0 unspecified atom stereocenters. The summed E-state index contributed by atoms with van der Waals surface area (Å²) < 4.78 is 99.4. The third-order valence-electron chi connectivity index (χ3n) is 0.532. The summed E-state index contributed by atoms with van der Waals surface area (Å²) in [5, 5.41) is 0. The predicted molar refractivity (Wildman–Crippen MR) is 40.4 cm³/mol. The van der Waals surface area contributed by atoms with Gasteiger partial charge in [-0.15, -0.1) is 0 Å². The zero-order valence-electron chi connectivity index (χ0n) is 16.9. The fourth-order valence-electron chi connectivity index (χ4n) is 0.266. The van der Waals surface area contributed by atoms with Gasteiger partial charge in [-0.2, -0.15) is 0 Å². The second kappa shape index (κ2) is 3.49. The first-order chi connectivity index (χ1) is 8.75. The SMILES string of the molecule is [2H]C1([2H])C([2H])([2H])C([2H])([2H])C([2H])([2H])C([2H])(Br)C([2H])([2H])C1([2H])[2H]. The average Bonchev–Trinajstić information content (AvgIpc) is 2.26. The van der Waals surface area contributed by atoms with Crippen LogP contribution in [0.15, 0.2) is 0 Å². The fourth-order valence-corrected chi connectivity index (χ4v) is 0.464. The largest absolute Gasteiger partial charge is 0.0891 e. The Morgan fingerprint density at radius 3 is 2.25 bits per heavy atom. The molecule has 1 aliphatic carbocycles. The highest BCUT2D eigenvalue weighted by atomic mass is 79.9. The molecule has 0 aromatic carbocycles. The van der Waals surface area contributed by atoms with E-state index in [4.69, 9.17) is 17.8 Å². The molecule has 0 bridgehead atoms. The molecule has 8 heavy (non-hydrogen) atoms. The Morgan fingerprint density at radius 1 is 1.25 bits per heavy atom. The third-order valence-corrected chi connectivity index (χ3v) is 0.928. The lowest BCUT2D eigenvalue weighted by Gasteiger charge is -2.00. The lowest BCUT2D eigenvalue weighted by atomic mass is 10.2. The standard InChI is InChI=1S/C7H13Br/c8-7-5-3-1-2-4-6-7/h7H,1-6H2/i1D2,2D2,3D2,4D2,5D2,6D2,7D. The van der Waals surface area contributed by atoms with Gasteiger partial charge in [-0.25, -0.2) is 0 Å². The quantitative estimate of drug-likeness (QED) is 0.406. The number of hydrogen-bond donors (Lipinski definition) is 0. The first-order valence-electron chi connectivity index (χ1n) is 8.44. The van der Waals surface area contributed by atoms with Gasteiger partial charge in [0.25, 0.3) is 0 Å². The van der Waals surface area contributed by atoms with Crippen molar-refractivity contribution >= 4 is 15.9 Å². The van der Waals surface area contributed by atoms with Crippen molar-refractivity contribution < 1.29 is 17.8 Å². The van der Waals surface area contributed by atoms with Gasteiger partial charge >= 0.3 is 0 Å². The lowest BCUT2D eigenvalue weighted by molar-refractivity contribution is 0.702. The van der Waals surface area contributed by atoms with Gasteiger partial charge in [-0.3, -0.25) is 0 Å². The molecule has 48 valence electrons. The van der Waals surface area contributed by atoms with E-state index in [0.717, 1.165) is 0 Å². The molecule has 1 heteroatoms. The zero-order chi connectivity index (χ0) is 17.5. The van der Waals surface area contributed by atoms with Crippen molar-refractivity contribution in [2.45, 2.75) is 43.0 Å². The Labute approximate surface area is 78.1 Å². The predicted octanol–water partition coefficient (Wildman–Crippen LogP) is 3.10.